The molecule has 0 bridgehead atoms. The van der Waals surface area contributed by atoms with Crippen LogP contribution in [0.25, 0.3) is 33.0 Å². The average Bonchev–Trinajstić information content (AvgIpc) is 3.57. The molecule has 3 aromatic carbocycles. The van der Waals surface area contributed by atoms with E-state index < -0.39 is 6.23 Å². The molecule has 0 saturated carbocycles. The Bertz CT molecular complexity index is 1680. The number of aryl methyl sites for hydroxylation is 2. The molecule has 0 aliphatic carbocycles. The lowest BCUT2D eigenvalue weighted by atomic mass is 9.94. The van der Waals surface area contributed by atoms with Crippen molar-refractivity contribution >= 4 is 38.9 Å². The standard InChI is InChI=1S/C30H25N3O3/c34-29-26(23-15-31-25-14-20(11-12-21(23)25)36-17-18-6-2-1-3-7-18)27(30(35)32-29)24-16-33-13-5-9-19-8-4-10-22(24)28(19)33/h1-4,6-8,10-12,14-16,30-31,35H,5,9,13,17H2,(H,32,34). The van der Waals surface area contributed by atoms with Gasteiger partial charge in [-0.05, 0) is 36.1 Å². The van der Waals surface area contributed by atoms with Crippen molar-refractivity contribution in [3.8, 4) is 5.75 Å². The van der Waals surface area contributed by atoms with Crippen molar-refractivity contribution < 1.29 is 14.6 Å². The van der Waals surface area contributed by atoms with Crippen LogP contribution in [0.4, 0.5) is 0 Å². The molecule has 1 atom stereocenters. The second-order valence-corrected chi connectivity index (χ2v) is 9.50. The summed E-state index contributed by atoms with van der Waals surface area (Å²) in [7, 11) is 0. The predicted octanol–water partition coefficient (Wildman–Crippen LogP) is 5.01. The maximum atomic E-state index is 13.2. The van der Waals surface area contributed by atoms with Crippen LogP contribution in [0, 0.1) is 0 Å². The SMILES string of the molecule is O=C1NC(O)C(c2cn3c4c(cccc24)CCC3)=C1c1c[nH]c2cc(OCc3ccccc3)ccc12. The van der Waals surface area contributed by atoms with Crippen LogP contribution in [-0.2, 0) is 24.4 Å². The molecule has 0 spiro atoms. The molecule has 3 N–H and O–H groups in total. The summed E-state index contributed by atoms with van der Waals surface area (Å²) in [4.78, 5) is 16.5. The van der Waals surface area contributed by atoms with E-state index in [0.29, 0.717) is 17.8 Å². The molecule has 0 radical (unpaired) electrons. The summed E-state index contributed by atoms with van der Waals surface area (Å²) in [5, 5.41) is 15.7. The van der Waals surface area contributed by atoms with Crippen molar-refractivity contribution in [3.05, 3.63) is 101 Å². The van der Waals surface area contributed by atoms with E-state index in [1.165, 1.54) is 11.1 Å². The number of nitrogens with one attached hydrogen (secondary N) is 2. The summed E-state index contributed by atoms with van der Waals surface area (Å²) in [5.41, 5.74) is 7.32. The van der Waals surface area contributed by atoms with Crippen molar-refractivity contribution in [2.75, 3.05) is 0 Å². The highest BCUT2D eigenvalue weighted by Gasteiger charge is 2.35. The second-order valence-electron chi connectivity index (χ2n) is 9.50. The molecule has 7 rings (SSSR count). The topological polar surface area (TPSA) is 79.3 Å². The summed E-state index contributed by atoms with van der Waals surface area (Å²) in [6, 6.07) is 22.2. The zero-order valence-corrected chi connectivity index (χ0v) is 19.6. The van der Waals surface area contributed by atoms with Crippen molar-refractivity contribution in [3.63, 3.8) is 0 Å². The minimum Gasteiger partial charge on any atom is -0.489 e. The summed E-state index contributed by atoms with van der Waals surface area (Å²) in [6.45, 7) is 1.42. The number of ether oxygens (including phenoxy) is 1. The maximum Gasteiger partial charge on any atom is 0.254 e. The van der Waals surface area contributed by atoms with Crippen LogP contribution in [0.5, 0.6) is 5.75 Å². The first-order chi connectivity index (χ1) is 17.7. The van der Waals surface area contributed by atoms with Gasteiger partial charge in [-0.2, -0.15) is 0 Å². The molecule has 5 aromatic rings. The Hall–Kier alpha value is -4.29. The predicted molar refractivity (Wildman–Crippen MR) is 140 cm³/mol. The first-order valence-electron chi connectivity index (χ1n) is 12.3. The fourth-order valence-electron chi connectivity index (χ4n) is 5.69. The van der Waals surface area contributed by atoms with Crippen LogP contribution in [0.3, 0.4) is 0 Å². The van der Waals surface area contributed by atoms with E-state index >= 15 is 0 Å². The number of nitrogens with zero attached hydrogens (tertiary/aromatic N) is 1. The van der Waals surface area contributed by atoms with E-state index in [0.717, 1.165) is 58.1 Å². The van der Waals surface area contributed by atoms with Crippen LogP contribution in [0.15, 0.2) is 79.1 Å². The highest BCUT2D eigenvalue weighted by Crippen LogP contribution is 2.41. The second kappa shape index (κ2) is 8.14. The van der Waals surface area contributed by atoms with Gasteiger partial charge < -0.3 is 24.7 Å². The molecule has 1 unspecified atom stereocenters. The Morgan fingerprint density at radius 2 is 1.89 bits per heavy atom. The Labute approximate surface area is 207 Å². The van der Waals surface area contributed by atoms with E-state index in [-0.39, 0.29) is 5.91 Å². The van der Waals surface area contributed by atoms with E-state index in [2.05, 4.69) is 39.3 Å². The third kappa shape index (κ3) is 3.26. The van der Waals surface area contributed by atoms with Crippen molar-refractivity contribution in [2.24, 2.45) is 0 Å². The van der Waals surface area contributed by atoms with Crippen molar-refractivity contribution in [2.45, 2.75) is 32.2 Å². The quantitative estimate of drug-likeness (QED) is 0.334. The number of hydrogen-bond donors (Lipinski definition) is 3. The number of fused-ring (bicyclic) bond motifs is 1. The molecule has 178 valence electrons. The largest absolute Gasteiger partial charge is 0.489 e. The number of carbonyl (C=O) groups excluding carboxylic acids is 1. The highest BCUT2D eigenvalue weighted by atomic mass is 16.5. The fraction of sp³-hybridized carbons (Fsp3) is 0.167. The Morgan fingerprint density at radius 3 is 2.78 bits per heavy atom. The summed E-state index contributed by atoms with van der Waals surface area (Å²) < 4.78 is 8.25. The van der Waals surface area contributed by atoms with Gasteiger partial charge in [-0.3, -0.25) is 4.79 Å². The number of H-pyrrole nitrogens is 1. The average molecular weight is 476 g/mol. The molecule has 6 heteroatoms. The van der Waals surface area contributed by atoms with Crippen molar-refractivity contribution in [1.29, 1.82) is 0 Å². The van der Waals surface area contributed by atoms with Gasteiger partial charge in [0.05, 0.1) is 11.1 Å². The molecule has 2 aliphatic heterocycles. The molecular weight excluding hydrogens is 450 g/mol. The van der Waals surface area contributed by atoms with Gasteiger partial charge >= 0.3 is 0 Å². The Morgan fingerprint density at radius 1 is 1.00 bits per heavy atom. The molecule has 6 nitrogen and oxygen atoms in total. The van der Waals surface area contributed by atoms with Gasteiger partial charge in [-0.25, -0.2) is 0 Å². The number of aromatic nitrogens is 2. The molecule has 0 fully saturated rings. The van der Waals surface area contributed by atoms with Crippen LogP contribution in [-0.4, -0.2) is 26.8 Å². The molecular formula is C30H25N3O3. The zero-order chi connectivity index (χ0) is 24.2. The monoisotopic (exact) mass is 475 g/mol. The van der Waals surface area contributed by atoms with Crippen molar-refractivity contribution in [1.82, 2.24) is 14.9 Å². The number of rotatable bonds is 5. The lowest BCUT2D eigenvalue weighted by Gasteiger charge is -2.14. The van der Waals surface area contributed by atoms with E-state index in [1.54, 1.807) is 0 Å². The first kappa shape index (κ1) is 21.0. The molecule has 2 aliphatic rings. The van der Waals surface area contributed by atoms with Gasteiger partial charge in [-0.1, -0.05) is 48.5 Å². The number of amides is 1. The molecule has 1 amide bonds. The van der Waals surface area contributed by atoms with Crippen LogP contribution in [0.1, 0.15) is 28.7 Å². The van der Waals surface area contributed by atoms with Gasteiger partial charge in [0.1, 0.15) is 12.4 Å². The molecule has 2 aromatic heterocycles. The third-order valence-electron chi connectivity index (χ3n) is 7.33. The maximum absolute atomic E-state index is 13.2. The third-order valence-corrected chi connectivity index (χ3v) is 7.33. The molecule has 0 saturated heterocycles. The van der Waals surface area contributed by atoms with Crippen LogP contribution < -0.4 is 10.1 Å². The zero-order valence-electron chi connectivity index (χ0n) is 19.6. The minimum absolute atomic E-state index is 0.269. The van der Waals surface area contributed by atoms with E-state index in [9.17, 15) is 9.90 Å². The molecule has 4 heterocycles. The number of benzene rings is 3. The highest BCUT2D eigenvalue weighted by molar-refractivity contribution is 6.33. The number of carbonyl (C=O) groups is 1. The number of aliphatic hydroxyl groups excluding tert-OH is 1. The van der Waals surface area contributed by atoms with E-state index in [4.69, 9.17) is 4.74 Å². The lowest BCUT2D eigenvalue weighted by molar-refractivity contribution is -0.116. The van der Waals surface area contributed by atoms with Gasteiger partial charge in [0.2, 0.25) is 0 Å². The number of hydrogen-bond acceptors (Lipinski definition) is 3. The summed E-state index contributed by atoms with van der Waals surface area (Å²) >= 11 is 0. The van der Waals surface area contributed by atoms with Gasteiger partial charge in [0.25, 0.3) is 5.91 Å². The lowest BCUT2D eigenvalue weighted by Crippen LogP contribution is -2.27. The van der Waals surface area contributed by atoms with Gasteiger partial charge in [0, 0.05) is 58.0 Å². The van der Waals surface area contributed by atoms with Gasteiger partial charge in [0.15, 0.2) is 6.23 Å². The molecule has 36 heavy (non-hydrogen) atoms. The van der Waals surface area contributed by atoms with Gasteiger partial charge in [-0.15, -0.1) is 0 Å². The Kier molecular flexibility index (Phi) is 4.75. The minimum atomic E-state index is -1.06. The fourth-order valence-corrected chi connectivity index (χ4v) is 5.69. The number of aliphatic hydroxyl groups is 1. The smallest absolute Gasteiger partial charge is 0.254 e. The normalized spacial score (nSPS) is 17.2. The number of para-hydroxylation sites is 1. The van der Waals surface area contributed by atoms with E-state index in [1.807, 2.05) is 54.7 Å². The van der Waals surface area contributed by atoms with Crippen LogP contribution >= 0.6 is 0 Å². The Balaban J connectivity index is 1.32. The number of aromatic amines is 1. The summed E-state index contributed by atoms with van der Waals surface area (Å²) in [6.07, 6.45) is 5.01. The summed E-state index contributed by atoms with van der Waals surface area (Å²) in [5.74, 6) is 0.480. The first-order valence-corrected chi connectivity index (χ1v) is 12.3. The van der Waals surface area contributed by atoms with Crippen LogP contribution in [0.2, 0.25) is 0 Å².